The number of ether oxygens (including phenoxy) is 3. The number of amides is 1. The number of hydrogen-bond acceptors (Lipinski definition) is 6. The number of fused-ring (bicyclic) bond motifs is 1. The fourth-order valence-electron chi connectivity index (χ4n) is 3.90. The van der Waals surface area contributed by atoms with Crippen molar-refractivity contribution in [3.8, 4) is 34.6 Å². The molecule has 2 aromatic carbocycles. The number of rotatable bonds is 11. The first-order valence-electron chi connectivity index (χ1n) is 12.4. The van der Waals surface area contributed by atoms with E-state index in [9.17, 15) is 4.79 Å². The van der Waals surface area contributed by atoms with Crippen molar-refractivity contribution in [2.45, 2.75) is 53.4 Å². The SMILES string of the molecule is CCCCC(CC)C(=O)Nc1ccc(-n2nc(OCC(C)C)nc2-c2ccc3c(c2)OCO3)cc1. The lowest BCUT2D eigenvalue weighted by molar-refractivity contribution is -0.120. The first-order valence-corrected chi connectivity index (χ1v) is 12.4. The highest BCUT2D eigenvalue weighted by atomic mass is 16.7. The van der Waals surface area contributed by atoms with Crippen LogP contribution in [0.2, 0.25) is 0 Å². The molecule has 8 nitrogen and oxygen atoms in total. The standard InChI is InChI=1S/C27H34N4O4/c1-5-7-8-19(6-2)26(32)28-21-10-12-22(13-11-21)31-25(29-27(30-31)33-16-18(3)4)20-9-14-23-24(15-20)35-17-34-23/h9-15,18-19H,5-8,16-17H2,1-4H3,(H,28,32). The van der Waals surface area contributed by atoms with Gasteiger partial charge in [0.2, 0.25) is 12.7 Å². The van der Waals surface area contributed by atoms with Gasteiger partial charge in [0.15, 0.2) is 17.3 Å². The summed E-state index contributed by atoms with van der Waals surface area (Å²) < 4.78 is 18.5. The van der Waals surface area contributed by atoms with Crippen LogP contribution in [0.15, 0.2) is 42.5 Å². The van der Waals surface area contributed by atoms with E-state index in [0.29, 0.717) is 35.9 Å². The second-order valence-corrected chi connectivity index (χ2v) is 9.19. The van der Waals surface area contributed by atoms with Crippen molar-refractivity contribution < 1.29 is 19.0 Å². The molecule has 1 amide bonds. The Hall–Kier alpha value is -3.55. The summed E-state index contributed by atoms with van der Waals surface area (Å²) in [6, 6.07) is 13.6. The fourth-order valence-corrected chi connectivity index (χ4v) is 3.90. The largest absolute Gasteiger partial charge is 0.462 e. The van der Waals surface area contributed by atoms with E-state index in [-0.39, 0.29) is 18.6 Å². The lowest BCUT2D eigenvalue weighted by atomic mass is 9.98. The summed E-state index contributed by atoms with van der Waals surface area (Å²) in [4.78, 5) is 17.3. The Morgan fingerprint density at radius 3 is 2.60 bits per heavy atom. The number of carbonyl (C=O) groups is 1. The van der Waals surface area contributed by atoms with Crippen LogP contribution in [0.1, 0.15) is 53.4 Å². The second-order valence-electron chi connectivity index (χ2n) is 9.19. The Morgan fingerprint density at radius 1 is 1.11 bits per heavy atom. The van der Waals surface area contributed by atoms with Gasteiger partial charge < -0.3 is 19.5 Å². The highest BCUT2D eigenvalue weighted by molar-refractivity contribution is 5.92. The molecule has 8 heteroatoms. The molecule has 2 heterocycles. The van der Waals surface area contributed by atoms with E-state index in [2.05, 4.69) is 43.1 Å². The summed E-state index contributed by atoms with van der Waals surface area (Å²) >= 11 is 0. The van der Waals surface area contributed by atoms with E-state index < -0.39 is 0 Å². The quantitative estimate of drug-likeness (QED) is 0.372. The van der Waals surface area contributed by atoms with Gasteiger partial charge in [0.1, 0.15) is 0 Å². The highest BCUT2D eigenvalue weighted by Crippen LogP contribution is 2.36. The van der Waals surface area contributed by atoms with Gasteiger partial charge in [-0.2, -0.15) is 4.98 Å². The van der Waals surface area contributed by atoms with Crippen molar-refractivity contribution in [3.63, 3.8) is 0 Å². The Kier molecular flexibility index (Phi) is 7.90. The van der Waals surface area contributed by atoms with E-state index in [1.807, 2.05) is 42.5 Å². The molecule has 0 aliphatic carbocycles. The maximum atomic E-state index is 12.7. The van der Waals surface area contributed by atoms with Crippen LogP contribution in [0.25, 0.3) is 17.1 Å². The highest BCUT2D eigenvalue weighted by Gasteiger charge is 2.20. The second kappa shape index (κ2) is 11.3. The summed E-state index contributed by atoms with van der Waals surface area (Å²) in [6.07, 6.45) is 3.89. The predicted octanol–water partition coefficient (Wildman–Crippen LogP) is 5.85. The summed E-state index contributed by atoms with van der Waals surface area (Å²) in [5.74, 6) is 2.46. The van der Waals surface area contributed by atoms with Gasteiger partial charge in [-0.15, -0.1) is 5.10 Å². The van der Waals surface area contributed by atoms with E-state index >= 15 is 0 Å². The molecule has 0 saturated heterocycles. The molecular weight excluding hydrogens is 444 g/mol. The Balaban J connectivity index is 1.59. The van der Waals surface area contributed by atoms with Gasteiger partial charge in [-0.1, -0.05) is 40.5 Å². The maximum Gasteiger partial charge on any atom is 0.336 e. The number of nitrogens with one attached hydrogen (secondary N) is 1. The number of hydrogen-bond donors (Lipinski definition) is 1. The fraction of sp³-hybridized carbons (Fsp3) is 0.444. The number of carbonyl (C=O) groups excluding carboxylic acids is 1. The van der Waals surface area contributed by atoms with Crippen LogP contribution in [0, 0.1) is 11.8 Å². The molecule has 1 aliphatic rings. The molecule has 0 radical (unpaired) electrons. The molecule has 0 bridgehead atoms. The Bertz CT molecular complexity index is 1140. The summed E-state index contributed by atoms with van der Waals surface area (Å²) in [5, 5.41) is 7.67. The average molecular weight is 479 g/mol. The minimum atomic E-state index is 0.0308. The van der Waals surface area contributed by atoms with Crippen LogP contribution < -0.4 is 19.5 Å². The number of benzene rings is 2. The molecule has 1 unspecified atom stereocenters. The summed E-state index contributed by atoms with van der Waals surface area (Å²) in [5.41, 5.74) is 2.40. The minimum absolute atomic E-state index is 0.0308. The zero-order valence-corrected chi connectivity index (χ0v) is 20.9. The summed E-state index contributed by atoms with van der Waals surface area (Å²) in [7, 11) is 0. The number of nitrogens with zero attached hydrogens (tertiary/aromatic N) is 3. The van der Waals surface area contributed by atoms with E-state index in [1.165, 1.54) is 0 Å². The van der Waals surface area contributed by atoms with Crippen LogP contribution in [-0.4, -0.2) is 34.1 Å². The van der Waals surface area contributed by atoms with Crippen molar-refractivity contribution in [2.75, 3.05) is 18.7 Å². The van der Waals surface area contributed by atoms with Crippen LogP contribution in [0.3, 0.4) is 0 Å². The normalized spacial score (nSPS) is 13.2. The smallest absolute Gasteiger partial charge is 0.336 e. The first kappa shape index (κ1) is 24.6. The third-order valence-corrected chi connectivity index (χ3v) is 5.91. The van der Waals surface area contributed by atoms with Crippen molar-refractivity contribution in [1.82, 2.24) is 14.8 Å². The van der Waals surface area contributed by atoms with Gasteiger partial charge >= 0.3 is 6.01 Å². The maximum absolute atomic E-state index is 12.7. The lowest BCUT2D eigenvalue weighted by Crippen LogP contribution is -2.22. The van der Waals surface area contributed by atoms with Crippen molar-refractivity contribution in [3.05, 3.63) is 42.5 Å². The van der Waals surface area contributed by atoms with E-state index in [0.717, 1.165) is 42.6 Å². The number of unbranched alkanes of at least 4 members (excludes halogenated alkanes) is 1. The van der Waals surface area contributed by atoms with Gasteiger partial charge in [0.05, 0.1) is 12.3 Å². The predicted molar refractivity (Wildman–Crippen MR) is 135 cm³/mol. The van der Waals surface area contributed by atoms with Crippen LogP contribution in [-0.2, 0) is 4.79 Å². The van der Waals surface area contributed by atoms with Gasteiger partial charge in [-0.05, 0) is 61.2 Å². The molecule has 1 aromatic heterocycles. The van der Waals surface area contributed by atoms with Gasteiger partial charge in [-0.3, -0.25) is 4.79 Å². The van der Waals surface area contributed by atoms with E-state index in [1.54, 1.807) is 4.68 Å². The molecule has 3 aromatic rings. The minimum Gasteiger partial charge on any atom is -0.462 e. The molecule has 1 aliphatic heterocycles. The van der Waals surface area contributed by atoms with Crippen LogP contribution in [0.5, 0.6) is 17.5 Å². The molecule has 35 heavy (non-hydrogen) atoms. The third kappa shape index (κ3) is 5.93. The average Bonchev–Trinajstić information content (AvgIpc) is 3.50. The lowest BCUT2D eigenvalue weighted by Gasteiger charge is -2.15. The molecule has 1 atom stereocenters. The van der Waals surface area contributed by atoms with Crippen molar-refractivity contribution in [2.24, 2.45) is 11.8 Å². The van der Waals surface area contributed by atoms with Gasteiger partial charge in [-0.25, -0.2) is 4.68 Å². The van der Waals surface area contributed by atoms with Gasteiger partial charge in [0, 0.05) is 17.2 Å². The molecule has 186 valence electrons. The Labute approximate surface area is 206 Å². The molecule has 1 N–H and O–H groups in total. The van der Waals surface area contributed by atoms with Crippen LogP contribution in [0.4, 0.5) is 5.69 Å². The molecular formula is C27H34N4O4. The van der Waals surface area contributed by atoms with Gasteiger partial charge in [0.25, 0.3) is 0 Å². The number of aromatic nitrogens is 3. The third-order valence-electron chi connectivity index (χ3n) is 5.91. The van der Waals surface area contributed by atoms with E-state index in [4.69, 9.17) is 14.2 Å². The van der Waals surface area contributed by atoms with Crippen LogP contribution >= 0.6 is 0 Å². The number of anilines is 1. The zero-order valence-electron chi connectivity index (χ0n) is 20.9. The molecule has 4 rings (SSSR count). The first-order chi connectivity index (χ1) is 17.0. The molecule has 0 spiro atoms. The topological polar surface area (TPSA) is 87.5 Å². The monoisotopic (exact) mass is 478 g/mol. The van der Waals surface area contributed by atoms with Crippen molar-refractivity contribution in [1.29, 1.82) is 0 Å². The molecule has 0 saturated carbocycles. The zero-order chi connectivity index (χ0) is 24.8. The summed E-state index contributed by atoms with van der Waals surface area (Å²) in [6.45, 7) is 9.09. The Morgan fingerprint density at radius 2 is 1.89 bits per heavy atom. The van der Waals surface area contributed by atoms with Crippen molar-refractivity contribution >= 4 is 11.6 Å². The molecule has 0 fully saturated rings.